The van der Waals surface area contributed by atoms with Crippen LogP contribution in [-0.4, -0.2) is 23.9 Å². The van der Waals surface area contributed by atoms with Crippen LogP contribution in [0.1, 0.15) is 22.9 Å². The normalized spacial score (nSPS) is 11.2. The van der Waals surface area contributed by atoms with Crippen LogP contribution in [0.25, 0.3) is 11.0 Å². The lowest BCUT2D eigenvalue weighted by atomic mass is 10.1. The lowest BCUT2D eigenvalue weighted by molar-refractivity contribution is -0.122. The smallest absolute Gasteiger partial charge is 0.336 e. The van der Waals surface area contributed by atoms with Gasteiger partial charge in [-0.1, -0.05) is 25.1 Å². The van der Waals surface area contributed by atoms with Gasteiger partial charge in [0.05, 0.1) is 13.1 Å². The predicted molar refractivity (Wildman–Crippen MR) is 104 cm³/mol. The van der Waals surface area contributed by atoms with E-state index in [0.717, 1.165) is 21.4 Å². The van der Waals surface area contributed by atoms with E-state index in [9.17, 15) is 9.59 Å². The zero-order chi connectivity index (χ0) is 18.5. The number of nitrogens with one attached hydrogen (secondary N) is 1. The molecule has 0 aliphatic carbocycles. The van der Waals surface area contributed by atoms with Crippen LogP contribution in [-0.2, 0) is 17.9 Å². The minimum atomic E-state index is -0.365. The summed E-state index contributed by atoms with van der Waals surface area (Å²) in [5, 5.41) is 5.84. The van der Waals surface area contributed by atoms with E-state index in [2.05, 4.69) is 5.32 Å². The van der Waals surface area contributed by atoms with Gasteiger partial charge in [-0.05, 0) is 42.1 Å². The molecule has 0 aliphatic heterocycles. The number of rotatable bonds is 7. The molecule has 0 fully saturated rings. The van der Waals surface area contributed by atoms with E-state index in [1.165, 1.54) is 6.07 Å². The van der Waals surface area contributed by atoms with Crippen LogP contribution in [0.2, 0.25) is 0 Å². The number of carbonyl (C=O) groups is 1. The highest BCUT2D eigenvalue weighted by Crippen LogP contribution is 2.19. The second-order valence-electron chi connectivity index (χ2n) is 6.25. The molecule has 0 saturated heterocycles. The quantitative estimate of drug-likeness (QED) is 0.648. The van der Waals surface area contributed by atoms with Crippen LogP contribution in [0.3, 0.4) is 0 Å². The summed E-state index contributed by atoms with van der Waals surface area (Å²) >= 11 is 1.62. The molecule has 0 atom stereocenters. The summed E-state index contributed by atoms with van der Waals surface area (Å²) in [5.74, 6) is -0.0247. The van der Waals surface area contributed by atoms with E-state index in [-0.39, 0.29) is 18.1 Å². The van der Waals surface area contributed by atoms with Crippen molar-refractivity contribution in [1.82, 2.24) is 10.2 Å². The fourth-order valence-electron chi connectivity index (χ4n) is 2.85. The third-order valence-corrected chi connectivity index (χ3v) is 5.11. The molecule has 3 aromatic rings. The Balaban J connectivity index is 1.70. The standard InChI is InChI=1S/C20H22N2O3S/c1-3-22(13-19(23)21-11-16-5-4-8-26-16)12-15-10-20(24)25-18-9-14(2)6-7-17(15)18/h4-10H,3,11-13H2,1-2H3,(H,21,23). The molecular formula is C20H22N2O3S. The van der Waals surface area contributed by atoms with Crippen molar-refractivity contribution in [3.63, 3.8) is 0 Å². The zero-order valence-corrected chi connectivity index (χ0v) is 15.8. The number of fused-ring (bicyclic) bond motifs is 1. The van der Waals surface area contributed by atoms with Crippen molar-refractivity contribution in [2.24, 2.45) is 0 Å². The second kappa shape index (κ2) is 8.29. The predicted octanol–water partition coefficient (Wildman–Crippen LogP) is 3.30. The molecule has 0 spiro atoms. The highest BCUT2D eigenvalue weighted by atomic mass is 32.1. The van der Waals surface area contributed by atoms with E-state index in [4.69, 9.17) is 4.42 Å². The molecule has 0 bridgehead atoms. The van der Waals surface area contributed by atoms with Crippen molar-refractivity contribution in [3.05, 3.63) is 68.2 Å². The van der Waals surface area contributed by atoms with Gasteiger partial charge in [0, 0.05) is 22.9 Å². The van der Waals surface area contributed by atoms with Crippen LogP contribution in [0.4, 0.5) is 0 Å². The van der Waals surface area contributed by atoms with Crippen molar-refractivity contribution in [1.29, 1.82) is 0 Å². The largest absolute Gasteiger partial charge is 0.423 e. The zero-order valence-electron chi connectivity index (χ0n) is 15.0. The van der Waals surface area contributed by atoms with Gasteiger partial charge in [-0.3, -0.25) is 9.69 Å². The maximum Gasteiger partial charge on any atom is 0.336 e. The Morgan fingerprint density at radius 2 is 2.12 bits per heavy atom. The average molecular weight is 370 g/mol. The van der Waals surface area contributed by atoms with Crippen molar-refractivity contribution in [3.8, 4) is 0 Å². The number of hydrogen-bond acceptors (Lipinski definition) is 5. The molecule has 0 unspecified atom stereocenters. The van der Waals surface area contributed by atoms with Crippen molar-refractivity contribution in [2.45, 2.75) is 26.9 Å². The summed E-state index contributed by atoms with van der Waals surface area (Å²) in [4.78, 5) is 27.3. The first-order valence-corrected chi connectivity index (χ1v) is 9.48. The lowest BCUT2D eigenvalue weighted by Gasteiger charge is -2.20. The van der Waals surface area contributed by atoms with Crippen LogP contribution in [0.5, 0.6) is 0 Å². The van der Waals surface area contributed by atoms with Gasteiger partial charge in [0.15, 0.2) is 0 Å². The molecule has 0 radical (unpaired) electrons. The summed E-state index contributed by atoms with van der Waals surface area (Å²) in [7, 11) is 0. The van der Waals surface area contributed by atoms with Gasteiger partial charge in [-0.2, -0.15) is 0 Å². The Morgan fingerprint density at radius 1 is 1.27 bits per heavy atom. The maximum atomic E-state index is 12.2. The van der Waals surface area contributed by atoms with Gasteiger partial charge in [-0.15, -0.1) is 11.3 Å². The van der Waals surface area contributed by atoms with Gasteiger partial charge in [0.2, 0.25) is 5.91 Å². The van der Waals surface area contributed by atoms with E-state index < -0.39 is 0 Å². The summed E-state index contributed by atoms with van der Waals surface area (Å²) in [6.07, 6.45) is 0. The summed E-state index contributed by atoms with van der Waals surface area (Å²) < 4.78 is 5.31. The summed E-state index contributed by atoms with van der Waals surface area (Å²) in [6.45, 7) is 6.03. The molecule has 26 heavy (non-hydrogen) atoms. The van der Waals surface area contributed by atoms with Crippen LogP contribution in [0.15, 0.2) is 51.0 Å². The molecule has 1 aromatic carbocycles. The summed E-state index contributed by atoms with van der Waals surface area (Å²) in [5.41, 5.74) is 2.14. The first-order chi connectivity index (χ1) is 12.5. The molecule has 3 rings (SSSR count). The minimum absolute atomic E-state index is 0.0247. The van der Waals surface area contributed by atoms with E-state index in [1.54, 1.807) is 11.3 Å². The van der Waals surface area contributed by atoms with E-state index >= 15 is 0 Å². The Morgan fingerprint density at radius 3 is 2.85 bits per heavy atom. The number of nitrogens with zero attached hydrogens (tertiary/aromatic N) is 1. The number of aryl methyl sites for hydroxylation is 1. The monoisotopic (exact) mass is 370 g/mol. The molecule has 2 heterocycles. The number of likely N-dealkylation sites (N-methyl/N-ethyl adjacent to an activating group) is 1. The average Bonchev–Trinajstić information content (AvgIpc) is 3.12. The molecule has 2 aromatic heterocycles. The van der Waals surface area contributed by atoms with E-state index in [0.29, 0.717) is 25.2 Å². The molecule has 1 amide bonds. The Labute approximate surface area is 156 Å². The van der Waals surface area contributed by atoms with Crippen LogP contribution < -0.4 is 10.9 Å². The number of thiophene rings is 1. The number of carbonyl (C=O) groups excluding carboxylic acids is 1. The molecule has 5 nitrogen and oxygen atoms in total. The molecule has 6 heteroatoms. The topological polar surface area (TPSA) is 62.6 Å². The molecule has 1 N–H and O–H groups in total. The van der Waals surface area contributed by atoms with Gasteiger partial charge >= 0.3 is 5.63 Å². The Kier molecular flexibility index (Phi) is 5.85. The Bertz CT molecular complexity index is 947. The van der Waals surface area contributed by atoms with Crippen LogP contribution in [0, 0.1) is 6.92 Å². The van der Waals surface area contributed by atoms with Gasteiger partial charge in [-0.25, -0.2) is 4.79 Å². The molecule has 0 saturated carbocycles. The first-order valence-electron chi connectivity index (χ1n) is 8.60. The number of hydrogen-bond donors (Lipinski definition) is 1. The summed E-state index contributed by atoms with van der Waals surface area (Å²) in [6, 6.07) is 11.3. The molecule has 136 valence electrons. The van der Waals surface area contributed by atoms with Gasteiger partial charge in [0.1, 0.15) is 5.58 Å². The molecular weight excluding hydrogens is 348 g/mol. The Hall–Kier alpha value is -2.44. The maximum absolute atomic E-state index is 12.2. The van der Waals surface area contributed by atoms with Crippen LogP contribution >= 0.6 is 11.3 Å². The molecule has 0 aliphatic rings. The van der Waals surface area contributed by atoms with Gasteiger partial charge in [0.25, 0.3) is 0 Å². The van der Waals surface area contributed by atoms with Crippen molar-refractivity contribution < 1.29 is 9.21 Å². The fraction of sp³-hybridized carbons (Fsp3) is 0.300. The van der Waals surface area contributed by atoms with Gasteiger partial charge < -0.3 is 9.73 Å². The van der Waals surface area contributed by atoms with E-state index in [1.807, 2.05) is 54.5 Å². The highest BCUT2D eigenvalue weighted by Gasteiger charge is 2.13. The third kappa shape index (κ3) is 4.59. The highest BCUT2D eigenvalue weighted by molar-refractivity contribution is 7.09. The SMILES string of the molecule is CCN(CC(=O)NCc1cccs1)Cc1cc(=O)oc2cc(C)ccc12. The third-order valence-electron chi connectivity index (χ3n) is 4.23. The first kappa shape index (κ1) is 18.4. The fourth-order valence-corrected chi connectivity index (χ4v) is 3.49. The van der Waals surface area contributed by atoms with Crippen molar-refractivity contribution >= 4 is 28.2 Å². The second-order valence-corrected chi connectivity index (χ2v) is 7.28. The minimum Gasteiger partial charge on any atom is -0.423 e. The number of benzene rings is 1. The van der Waals surface area contributed by atoms with Crippen molar-refractivity contribution in [2.75, 3.05) is 13.1 Å². The number of amides is 1. The lowest BCUT2D eigenvalue weighted by Crippen LogP contribution is -2.36.